The van der Waals surface area contributed by atoms with Gasteiger partial charge in [-0.1, -0.05) is 40.4 Å². The highest BCUT2D eigenvalue weighted by Crippen LogP contribution is 2.27. The maximum atomic E-state index is 11.8. The second kappa shape index (κ2) is 8.30. The van der Waals surface area contributed by atoms with Crippen LogP contribution in [0.2, 0.25) is 0 Å². The van der Waals surface area contributed by atoms with Crippen LogP contribution >= 0.6 is 34.4 Å². The smallest absolute Gasteiger partial charge is 0.251 e. The van der Waals surface area contributed by atoms with Gasteiger partial charge in [-0.2, -0.15) is 5.26 Å². The van der Waals surface area contributed by atoms with Crippen molar-refractivity contribution >= 4 is 51.8 Å². The number of benzene rings is 1. The van der Waals surface area contributed by atoms with Crippen LogP contribution in [0.25, 0.3) is 0 Å². The molecule has 0 aliphatic heterocycles. The van der Waals surface area contributed by atoms with Crippen LogP contribution in [0.5, 0.6) is 0 Å². The number of halogens is 1. The van der Waals surface area contributed by atoms with E-state index >= 15 is 0 Å². The molecule has 0 saturated heterocycles. The Morgan fingerprint density at radius 2 is 2.17 bits per heavy atom. The number of hydrogen-bond donors (Lipinski definition) is 2. The number of amides is 1. The van der Waals surface area contributed by atoms with Gasteiger partial charge in [-0.05, 0) is 30.9 Å². The average Bonchev–Trinajstić information content (AvgIpc) is 2.61. The van der Waals surface area contributed by atoms with Crippen molar-refractivity contribution in [2.45, 2.75) is 16.5 Å². The molecule has 0 atom stereocenters. The quantitative estimate of drug-likeness (QED) is 0.312. The number of alkyl halides is 1. The van der Waals surface area contributed by atoms with Gasteiger partial charge in [-0.3, -0.25) is 4.79 Å². The molecule has 0 aliphatic carbocycles. The lowest BCUT2D eigenvalue weighted by atomic mass is 10.1. The van der Waals surface area contributed by atoms with Crippen molar-refractivity contribution in [3.8, 4) is 6.07 Å². The standard InChI is InChI=1S/C16H16IN5OS/c1-9-4-5-10(15(23)19-2)6-12(9)20-14-11(8-18)13(7-17)21-16(22-14)24-3/h4-6H,7H2,1-3H3,(H,19,23)(H,20,21,22). The fraction of sp³-hybridized carbons (Fsp3) is 0.250. The number of carbonyl (C=O) groups is 1. The Labute approximate surface area is 158 Å². The molecule has 1 aromatic heterocycles. The van der Waals surface area contributed by atoms with Crippen molar-refractivity contribution in [1.29, 1.82) is 5.26 Å². The molecule has 24 heavy (non-hydrogen) atoms. The predicted octanol–water partition coefficient (Wildman–Crippen LogP) is 3.42. The van der Waals surface area contributed by atoms with Crippen molar-refractivity contribution in [1.82, 2.24) is 15.3 Å². The Kier molecular flexibility index (Phi) is 6.39. The maximum Gasteiger partial charge on any atom is 0.251 e. The number of hydrogen-bond acceptors (Lipinski definition) is 6. The van der Waals surface area contributed by atoms with Crippen LogP contribution in [0.15, 0.2) is 23.4 Å². The summed E-state index contributed by atoms with van der Waals surface area (Å²) in [4.78, 5) is 20.6. The normalized spacial score (nSPS) is 10.1. The molecule has 2 rings (SSSR count). The molecule has 0 fully saturated rings. The molecule has 8 heteroatoms. The van der Waals surface area contributed by atoms with Crippen molar-refractivity contribution < 1.29 is 4.79 Å². The molecule has 0 spiro atoms. The molecule has 0 radical (unpaired) electrons. The van der Waals surface area contributed by atoms with Crippen LogP contribution in [-0.2, 0) is 4.43 Å². The van der Waals surface area contributed by atoms with Crippen LogP contribution in [0.4, 0.5) is 11.5 Å². The maximum absolute atomic E-state index is 11.8. The number of nitrogens with zero attached hydrogens (tertiary/aromatic N) is 3. The number of rotatable bonds is 5. The first-order valence-electron chi connectivity index (χ1n) is 7.04. The summed E-state index contributed by atoms with van der Waals surface area (Å²) < 4.78 is 0.614. The van der Waals surface area contributed by atoms with Gasteiger partial charge in [-0.15, -0.1) is 0 Å². The Balaban J connectivity index is 2.51. The summed E-state index contributed by atoms with van der Waals surface area (Å²) in [6.45, 7) is 1.93. The molecular formula is C16H16IN5OS. The van der Waals surface area contributed by atoms with E-state index in [0.29, 0.717) is 32.2 Å². The van der Waals surface area contributed by atoms with E-state index in [1.165, 1.54) is 11.8 Å². The van der Waals surface area contributed by atoms with Crippen molar-refractivity contribution in [3.05, 3.63) is 40.6 Å². The largest absolute Gasteiger partial charge is 0.355 e. The zero-order valence-corrected chi connectivity index (χ0v) is 16.4. The minimum atomic E-state index is -0.168. The Morgan fingerprint density at radius 3 is 2.75 bits per heavy atom. The molecule has 2 aromatic rings. The van der Waals surface area contributed by atoms with Crippen LogP contribution in [0.1, 0.15) is 27.2 Å². The van der Waals surface area contributed by atoms with E-state index in [1.807, 2.05) is 19.2 Å². The topological polar surface area (TPSA) is 90.7 Å². The minimum absolute atomic E-state index is 0.168. The van der Waals surface area contributed by atoms with Gasteiger partial charge in [0.25, 0.3) is 5.91 Å². The molecule has 124 valence electrons. The molecule has 0 aliphatic rings. The summed E-state index contributed by atoms with van der Waals surface area (Å²) in [5, 5.41) is 15.9. The SMILES string of the molecule is CNC(=O)c1ccc(C)c(Nc2nc(SC)nc(CI)c2C#N)c1. The van der Waals surface area contributed by atoms with Crippen molar-refractivity contribution in [3.63, 3.8) is 0 Å². The van der Waals surface area contributed by atoms with E-state index in [-0.39, 0.29) is 5.91 Å². The fourth-order valence-corrected chi connectivity index (χ4v) is 2.99. The average molecular weight is 453 g/mol. The van der Waals surface area contributed by atoms with E-state index < -0.39 is 0 Å². The number of thioether (sulfide) groups is 1. The van der Waals surface area contributed by atoms with Gasteiger partial charge in [0.2, 0.25) is 0 Å². The number of aromatic nitrogens is 2. The molecule has 0 unspecified atom stereocenters. The molecule has 1 aromatic carbocycles. The summed E-state index contributed by atoms with van der Waals surface area (Å²) in [7, 11) is 1.59. The Morgan fingerprint density at radius 1 is 1.42 bits per heavy atom. The van der Waals surface area contributed by atoms with E-state index in [0.717, 1.165) is 11.3 Å². The highest BCUT2D eigenvalue weighted by Gasteiger charge is 2.15. The fourth-order valence-electron chi connectivity index (χ4n) is 2.05. The Hall–Kier alpha value is -1.86. The molecule has 1 heterocycles. The molecule has 0 saturated carbocycles. The zero-order valence-electron chi connectivity index (χ0n) is 13.5. The molecule has 1 amide bonds. The number of carbonyl (C=O) groups excluding carboxylic acids is 1. The van der Waals surface area contributed by atoms with E-state index in [1.54, 1.807) is 19.2 Å². The van der Waals surface area contributed by atoms with Gasteiger partial charge >= 0.3 is 0 Å². The minimum Gasteiger partial charge on any atom is -0.355 e. The second-order valence-corrected chi connectivity index (χ2v) is 6.40. The van der Waals surface area contributed by atoms with E-state index in [2.05, 4.69) is 49.3 Å². The first-order valence-corrected chi connectivity index (χ1v) is 9.79. The zero-order chi connectivity index (χ0) is 17.7. The van der Waals surface area contributed by atoms with Gasteiger partial charge in [0.05, 0.1) is 5.69 Å². The van der Waals surface area contributed by atoms with Gasteiger partial charge < -0.3 is 10.6 Å². The third kappa shape index (κ3) is 3.96. The highest BCUT2D eigenvalue weighted by atomic mass is 127. The molecule has 6 nitrogen and oxygen atoms in total. The summed E-state index contributed by atoms with van der Waals surface area (Å²) in [5.74, 6) is 0.291. The monoisotopic (exact) mass is 453 g/mol. The number of aryl methyl sites for hydroxylation is 1. The number of nitrogens with one attached hydrogen (secondary N) is 2. The van der Waals surface area contributed by atoms with Gasteiger partial charge in [0.1, 0.15) is 11.6 Å². The van der Waals surface area contributed by atoms with Gasteiger partial charge in [-0.25, -0.2) is 9.97 Å². The number of anilines is 2. The summed E-state index contributed by atoms with van der Waals surface area (Å²) in [5.41, 5.74) is 3.34. The third-order valence-electron chi connectivity index (χ3n) is 3.36. The van der Waals surface area contributed by atoms with Crippen LogP contribution in [0, 0.1) is 18.3 Å². The van der Waals surface area contributed by atoms with E-state index in [9.17, 15) is 10.1 Å². The molecule has 2 N–H and O–H groups in total. The van der Waals surface area contributed by atoms with Crippen LogP contribution in [0.3, 0.4) is 0 Å². The molecule has 0 bridgehead atoms. The molecular weight excluding hydrogens is 437 g/mol. The number of nitriles is 1. The summed E-state index contributed by atoms with van der Waals surface area (Å²) in [6.07, 6.45) is 1.89. The van der Waals surface area contributed by atoms with Gasteiger partial charge in [0.15, 0.2) is 11.0 Å². The second-order valence-electron chi connectivity index (χ2n) is 4.86. The van der Waals surface area contributed by atoms with Crippen molar-refractivity contribution in [2.24, 2.45) is 0 Å². The van der Waals surface area contributed by atoms with Crippen LogP contribution in [-0.4, -0.2) is 29.2 Å². The summed E-state index contributed by atoms with van der Waals surface area (Å²) in [6, 6.07) is 7.54. The first-order chi connectivity index (χ1) is 11.5. The lowest BCUT2D eigenvalue weighted by Crippen LogP contribution is -2.18. The Bertz CT molecular complexity index is 819. The van der Waals surface area contributed by atoms with E-state index in [4.69, 9.17) is 0 Å². The highest BCUT2D eigenvalue weighted by molar-refractivity contribution is 14.1. The van der Waals surface area contributed by atoms with Crippen molar-refractivity contribution in [2.75, 3.05) is 18.6 Å². The van der Waals surface area contributed by atoms with Crippen LogP contribution < -0.4 is 10.6 Å². The lowest BCUT2D eigenvalue weighted by molar-refractivity contribution is 0.0963. The lowest BCUT2D eigenvalue weighted by Gasteiger charge is -2.13. The first kappa shape index (κ1) is 18.5. The predicted molar refractivity (Wildman–Crippen MR) is 104 cm³/mol. The third-order valence-corrected chi connectivity index (χ3v) is 4.63. The van der Waals surface area contributed by atoms with Gasteiger partial charge in [0, 0.05) is 22.7 Å². The summed E-state index contributed by atoms with van der Waals surface area (Å²) >= 11 is 3.60.